The third-order valence-electron chi connectivity index (χ3n) is 5.48. The summed E-state index contributed by atoms with van der Waals surface area (Å²) >= 11 is 0. The second-order valence-electron chi connectivity index (χ2n) is 7.67. The highest BCUT2D eigenvalue weighted by molar-refractivity contribution is 5.98. The van der Waals surface area contributed by atoms with Crippen LogP contribution in [0.1, 0.15) is 55.8 Å². The van der Waals surface area contributed by atoms with E-state index < -0.39 is 5.97 Å². The van der Waals surface area contributed by atoms with Gasteiger partial charge in [0, 0.05) is 13.1 Å². The second-order valence-corrected chi connectivity index (χ2v) is 7.67. The number of nitrogens with one attached hydrogen (secondary N) is 1. The highest BCUT2D eigenvalue weighted by Gasteiger charge is 2.22. The number of benzene rings is 1. The lowest BCUT2D eigenvalue weighted by molar-refractivity contribution is -0.123. The van der Waals surface area contributed by atoms with E-state index in [0.717, 1.165) is 50.9 Å². The average Bonchev–Trinajstić information content (AvgIpc) is 3.20. The molecule has 3 rings (SSSR count). The zero-order chi connectivity index (χ0) is 19.2. The Hall–Kier alpha value is -2.08. The molecule has 2 unspecified atom stereocenters. The molecule has 148 valence electrons. The van der Waals surface area contributed by atoms with E-state index in [-0.39, 0.29) is 18.6 Å². The van der Waals surface area contributed by atoms with Crippen LogP contribution in [0.4, 0.5) is 11.4 Å². The summed E-state index contributed by atoms with van der Waals surface area (Å²) in [7, 11) is 1.36. The first kappa shape index (κ1) is 19.7. The van der Waals surface area contributed by atoms with Crippen molar-refractivity contribution in [3.63, 3.8) is 0 Å². The van der Waals surface area contributed by atoms with Crippen LogP contribution in [-0.4, -0.2) is 44.8 Å². The van der Waals surface area contributed by atoms with E-state index in [1.165, 1.54) is 13.5 Å². The lowest BCUT2D eigenvalue weighted by Gasteiger charge is -2.27. The normalized spacial score (nSPS) is 22.5. The van der Waals surface area contributed by atoms with Crippen LogP contribution in [0.5, 0.6) is 0 Å². The van der Waals surface area contributed by atoms with Crippen molar-refractivity contribution in [2.75, 3.05) is 37.0 Å². The minimum absolute atomic E-state index is 0.0410. The van der Waals surface area contributed by atoms with Gasteiger partial charge in [-0.3, -0.25) is 4.79 Å². The molecule has 1 amide bonds. The van der Waals surface area contributed by atoms with Gasteiger partial charge in [-0.15, -0.1) is 0 Å². The minimum Gasteiger partial charge on any atom is -0.465 e. The number of methoxy groups -OCH3 is 1. The summed E-state index contributed by atoms with van der Waals surface area (Å²) in [6, 6.07) is 5.33. The first-order chi connectivity index (χ1) is 13.1. The number of carbonyl (C=O) groups is 2. The number of ether oxygens (including phenoxy) is 2. The van der Waals surface area contributed by atoms with Crippen molar-refractivity contribution in [1.82, 2.24) is 0 Å². The van der Waals surface area contributed by atoms with Crippen molar-refractivity contribution in [2.45, 2.75) is 51.6 Å². The predicted octanol–water partition coefficient (Wildman–Crippen LogP) is 3.61. The Morgan fingerprint density at radius 1 is 1.19 bits per heavy atom. The van der Waals surface area contributed by atoms with E-state index in [0.29, 0.717) is 17.2 Å². The van der Waals surface area contributed by atoms with Gasteiger partial charge in [-0.1, -0.05) is 19.8 Å². The fourth-order valence-corrected chi connectivity index (χ4v) is 4.02. The van der Waals surface area contributed by atoms with Gasteiger partial charge in [0.15, 0.2) is 0 Å². The average molecular weight is 374 g/mol. The molecule has 0 spiro atoms. The Bertz CT molecular complexity index is 670. The lowest BCUT2D eigenvalue weighted by Crippen LogP contribution is -2.28. The highest BCUT2D eigenvalue weighted by Crippen LogP contribution is 2.30. The van der Waals surface area contributed by atoms with E-state index in [4.69, 9.17) is 9.47 Å². The number of rotatable bonds is 6. The fraction of sp³-hybridized carbons (Fsp3) is 0.619. The van der Waals surface area contributed by atoms with Crippen LogP contribution in [0.25, 0.3) is 0 Å². The maximum Gasteiger partial charge on any atom is 0.337 e. The van der Waals surface area contributed by atoms with Crippen LogP contribution in [0, 0.1) is 5.92 Å². The van der Waals surface area contributed by atoms with E-state index in [2.05, 4.69) is 17.1 Å². The zero-order valence-electron chi connectivity index (χ0n) is 16.3. The molecule has 27 heavy (non-hydrogen) atoms. The minimum atomic E-state index is -0.411. The molecule has 6 nitrogen and oxygen atoms in total. The van der Waals surface area contributed by atoms with Gasteiger partial charge in [-0.25, -0.2) is 4.79 Å². The third kappa shape index (κ3) is 5.22. The summed E-state index contributed by atoms with van der Waals surface area (Å²) in [5.41, 5.74) is 2.02. The predicted molar refractivity (Wildman–Crippen MR) is 105 cm³/mol. The van der Waals surface area contributed by atoms with E-state index in [9.17, 15) is 9.59 Å². The van der Waals surface area contributed by atoms with Crippen molar-refractivity contribution < 1.29 is 19.1 Å². The van der Waals surface area contributed by atoms with Crippen LogP contribution in [0.15, 0.2) is 18.2 Å². The summed E-state index contributed by atoms with van der Waals surface area (Å²) in [6.07, 6.45) is 6.88. The quantitative estimate of drug-likeness (QED) is 0.771. The van der Waals surface area contributed by atoms with Crippen LogP contribution in [0.2, 0.25) is 0 Å². The van der Waals surface area contributed by atoms with Crippen molar-refractivity contribution >= 4 is 23.3 Å². The van der Waals surface area contributed by atoms with Gasteiger partial charge in [0.05, 0.1) is 30.2 Å². The van der Waals surface area contributed by atoms with Gasteiger partial charge in [-0.2, -0.15) is 0 Å². The van der Waals surface area contributed by atoms with E-state index in [1.807, 2.05) is 6.07 Å². The van der Waals surface area contributed by atoms with Gasteiger partial charge in [0.25, 0.3) is 0 Å². The first-order valence-corrected chi connectivity index (χ1v) is 9.95. The summed E-state index contributed by atoms with van der Waals surface area (Å²) in [5, 5.41) is 2.94. The summed E-state index contributed by atoms with van der Waals surface area (Å²) < 4.78 is 10.6. The molecule has 1 aromatic rings. The molecule has 1 aromatic carbocycles. The molecule has 0 bridgehead atoms. The Labute approximate surface area is 161 Å². The second kappa shape index (κ2) is 9.22. The largest absolute Gasteiger partial charge is 0.465 e. The Kier molecular flexibility index (Phi) is 6.72. The van der Waals surface area contributed by atoms with Crippen molar-refractivity contribution in [3.05, 3.63) is 23.8 Å². The summed E-state index contributed by atoms with van der Waals surface area (Å²) in [6.45, 7) is 4.18. The topological polar surface area (TPSA) is 67.9 Å². The van der Waals surface area contributed by atoms with Crippen LogP contribution in [0.3, 0.4) is 0 Å². The summed E-state index contributed by atoms with van der Waals surface area (Å²) in [4.78, 5) is 26.6. The molecule has 1 heterocycles. The fourth-order valence-electron chi connectivity index (χ4n) is 4.02. The van der Waals surface area contributed by atoms with Crippen LogP contribution < -0.4 is 10.2 Å². The van der Waals surface area contributed by atoms with Crippen molar-refractivity contribution in [3.8, 4) is 0 Å². The third-order valence-corrected chi connectivity index (χ3v) is 5.48. The maximum absolute atomic E-state index is 12.5. The van der Waals surface area contributed by atoms with E-state index >= 15 is 0 Å². The number of hydrogen-bond donors (Lipinski definition) is 1. The number of esters is 1. The molecule has 6 heteroatoms. The molecule has 1 aliphatic carbocycles. The zero-order valence-corrected chi connectivity index (χ0v) is 16.3. The molecule has 1 N–H and O–H groups in total. The van der Waals surface area contributed by atoms with Crippen LogP contribution >= 0.6 is 0 Å². The van der Waals surface area contributed by atoms with E-state index in [1.54, 1.807) is 12.1 Å². The molecule has 1 saturated heterocycles. The molecule has 2 fully saturated rings. The monoisotopic (exact) mass is 374 g/mol. The highest BCUT2D eigenvalue weighted by atomic mass is 16.5. The van der Waals surface area contributed by atoms with Gasteiger partial charge in [-0.05, 0) is 49.8 Å². The number of nitrogens with zero attached hydrogens (tertiary/aromatic N) is 1. The number of hydrogen-bond acceptors (Lipinski definition) is 5. The number of carbonyl (C=O) groups excluding carboxylic acids is 2. The maximum atomic E-state index is 12.5. The molecule has 2 atom stereocenters. The molecular weight excluding hydrogens is 344 g/mol. The van der Waals surface area contributed by atoms with Gasteiger partial charge in [0.2, 0.25) is 5.91 Å². The molecule has 0 radical (unpaired) electrons. The molecular formula is C21H30N2O4. The Morgan fingerprint density at radius 2 is 1.96 bits per heavy atom. The van der Waals surface area contributed by atoms with Gasteiger partial charge in [0.1, 0.15) is 6.61 Å². The standard InChI is InChI=1S/C21H30N2O4/c1-15-6-5-7-17(12-15)27-14-20(24)22-18-13-16(21(25)26-2)8-9-19(18)23-10-3-4-11-23/h8-9,13,15,17H,3-7,10-12,14H2,1-2H3,(H,22,24). The SMILES string of the molecule is COC(=O)c1ccc(N2CCCC2)c(NC(=O)COC2CCCC(C)C2)c1. The summed E-state index contributed by atoms with van der Waals surface area (Å²) in [5.74, 6) is 0.0620. The molecule has 1 saturated carbocycles. The van der Waals surface area contributed by atoms with Crippen molar-refractivity contribution in [1.29, 1.82) is 0 Å². The van der Waals surface area contributed by atoms with Gasteiger partial charge < -0.3 is 19.7 Å². The molecule has 1 aliphatic heterocycles. The lowest BCUT2D eigenvalue weighted by atomic mass is 9.89. The van der Waals surface area contributed by atoms with Crippen molar-refractivity contribution in [2.24, 2.45) is 5.92 Å². The Balaban J connectivity index is 1.67. The smallest absolute Gasteiger partial charge is 0.337 e. The van der Waals surface area contributed by atoms with Crippen LogP contribution in [-0.2, 0) is 14.3 Å². The molecule has 2 aliphatic rings. The molecule has 0 aromatic heterocycles. The number of amides is 1. The number of anilines is 2. The first-order valence-electron chi connectivity index (χ1n) is 9.95. The Morgan fingerprint density at radius 3 is 2.67 bits per heavy atom. The van der Waals surface area contributed by atoms with Gasteiger partial charge >= 0.3 is 5.97 Å².